The van der Waals surface area contributed by atoms with Gasteiger partial charge in [0.1, 0.15) is 0 Å². The van der Waals surface area contributed by atoms with Gasteiger partial charge in [0.05, 0.1) is 5.38 Å². The van der Waals surface area contributed by atoms with Gasteiger partial charge in [0.25, 0.3) is 0 Å². The molecular weight excluding hydrogens is 186 g/mol. The van der Waals surface area contributed by atoms with Crippen LogP contribution in [0.3, 0.4) is 0 Å². The number of carbonyl (C=O) groups is 1. The summed E-state index contributed by atoms with van der Waals surface area (Å²) in [6, 6.07) is 0.239. The summed E-state index contributed by atoms with van der Waals surface area (Å²) in [5.41, 5.74) is 0. The predicted molar refractivity (Wildman–Crippen MR) is 52.8 cm³/mol. The smallest absolute Gasteiger partial charge is 0.223 e. The molecule has 2 rings (SSSR count). The van der Waals surface area contributed by atoms with Crippen molar-refractivity contribution >= 4 is 17.5 Å². The van der Waals surface area contributed by atoms with Crippen LogP contribution in [0.4, 0.5) is 0 Å². The van der Waals surface area contributed by atoms with Crippen molar-refractivity contribution in [3.8, 4) is 0 Å². The Hall–Kier alpha value is -0.240. The van der Waals surface area contributed by atoms with Crippen LogP contribution in [0.15, 0.2) is 0 Å². The quantitative estimate of drug-likeness (QED) is 0.681. The first-order valence-electron chi connectivity index (χ1n) is 5.22. The molecule has 2 atom stereocenters. The van der Waals surface area contributed by atoms with E-state index in [-0.39, 0.29) is 17.3 Å². The van der Waals surface area contributed by atoms with Crippen LogP contribution in [0.5, 0.6) is 0 Å². The minimum Gasteiger partial charge on any atom is -0.352 e. The molecule has 2 nitrogen and oxygen atoms in total. The maximum atomic E-state index is 11.4. The molecule has 0 aromatic rings. The molecular formula is C10H16ClNO. The van der Waals surface area contributed by atoms with E-state index >= 15 is 0 Å². The highest BCUT2D eigenvalue weighted by atomic mass is 35.5. The van der Waals surface area contributed by atoms with Gasteiger partial charge in [0.2, 0.25) is 5.91 Å². The molecule has 2 fully saturated rings. The molecule has 0 aromatic heterocycles. The molecule has 2 unspecified atom stereocenters. The SMILES string of the molecule is O=C(NC1CCCCC1Cl)C1CC1. The fourth-order valence-corrected chi connectivity index (χ4v) is 2.24. The zero-order chi connectivity index (χ0) is 9.26. The lowest BCUT2D eigenvalue weighted by Crippen LogP contribution is -2.43. The highest BCUT2D eigenvalue weighted by molar-refractivity contribution is 6.21. The maximum Gasteiger partial charge on any atom is 0.223 e. The molecule has 1 N–H and O–H groups in total. The van der Waals surface area contributed by atoms with Crippen LogP contribution in [0, 0.1) is 5.92 Å². The van der Waals surface area contributed by atoms with Gasteiger partial charge in [-0.05, 0) is 25.7 Å². The zero-order valence-corrected chi connectivity index (χ0v) is 8.52. The average molecular weight is 202 g/mol. The number of hydrogen-bond donors (Lipinski definition) is 1. The first-order valence-corrected chi connectivity index (χ1v) is 5.65. The van der Waals surface area contributed by atoms with Gasteiger partial charge >= 0.3 is 0 Å². The number of alkyl halides is 1. The van der Waals surface area contributed by atoms with E-state index in [2.05, 4.69) is 5.32 Å². The monoisotopic (exact) mass is 201 g/mol. The highest BCUT2D eigenvalue weighted by Gasteiger charge is 2.33. The van der Waals surface area contributed by atoms with Crippen LogP contribution in [0.1, 0.15) is 38.5 Å². The Morgan fingerprint density at radius 2 is 1.85 bits per heavy atom. The average Bonchev–Trinajstić information content (AvgIpc) is 2.91. The molecule has 3 heteroatoms. The largest absolute Gasteiger partial charge is 0.352 e. The number of carbonyl (C=O) groups excluding carboxylic acids is 1. The van der Waals surface area contributed by atoms with Gasteiger partial charge in [-0.25, -0.2) is 0 Å². The van der Waals surface area contributed by atoms with Crippen molar-refractivity contribution in [3.63, 3.8) is 0 Å². The van der Waals surface area contributed by atoms with Crippen molar-refractivity contribution < 1.29 is 4.79 Å². The molecule has 0 aliphatic heterocycles. The molecule has 0 saturated heterocycles. The second kappa shape index (κ2) is 3.87. The Labute approximate surface area is 84.0 Å². The van der Waals surface area contributed by atoms with Gasteiger partial charge in [0, 0.05) is 12.0 Å². The minimum absolute atomic E-state index is 0.163. The lowest BCUT2D eigenvalue weighted by Gasteiger charge is -2.27. The standard InChI is InChI=1S/C10H16ClNO/c11-8-3-1-2-4-9(8)12-10(13)7-5-6-7/h7-9H,1-6H2,(H,12,13). The summed E-state index contributed by atoms with van der Waals surface area (Å²) in [5, 5.41) is 3.22. The summed E-state index contributed by atoms with van der Waals surface area (Å²) >= 11 is 6.14. The molecule has 2 aliphatic carbocycles. The summed E-state index contributed by atoms with van der Waals surface area (Å²) in [4.78, 5) is 11.4. The molecule has 0 aromatic carbocycles. The van der Waals surface area contributed by atoms with Gasteiger partial charge in [-0.2, -0.15) is 0 Å². The number of halogens is 1. The van der Waals surface area contributed by atoms with Gasteiger partial charge in [-0.3, -0.25) is 4.79 Å². The van der Waals surface area contributed by atoms with Gasteiger partial charge in [-0.1, -0.05) is 12.8 Å². The Balaban J connectivity index is 1.81. The van der Waals surface area contributed by atoms with E-state index in [0.717, 1.165) is 25.7 Å². The minimum atomic E-state index is 0.163. The van der Waals surface area contributed by atoms with E-state index in [9.17, 15) is 4.79 Å². The molecule has 0 radical (unpaired) electrons. The van der Waals surface area contributed by atoms with E-state index in [0.29, 0.717) is 5.92 Å². The predicted octanol–water partition coefficient (Wildman–Crippen LogP) is 2.06. The van der Waals surface area contributed by atoms with Gasteiger partial charge in [-0.15, -0.1) is 11.6 Å². The molecule has 0 spiro atoms. The van der Waals surface area contributed by atoms with Crippen LogP contribution in [-0.2, 0) is 4.79 Å². The van der Waals surface area contributed by atoms with Crippen molar-refractivity contribution in [1.29, 1.82) is 0 Å². The van der Waals surface area contributed by atoms with E-state index in [1.165, 1.54) is 12.8 Å². The Kier molecular flexibility index (Phi) is 2.77. The number of hydrogen-bond acceptors (Lipinski definition) is 1. The number of nitrogens with one attached hydrogen (secondary N) is 1. The van der Waals surface area contributed by atoms with Crippen molar-refractivity contribution in [1.82, 2.24) is 5.32 Å². The molecule has 1 amide bonds. The Morgan fingerprint density at radius 1 is 1.15 bits per heavy atom. The van der Waals surface area contributed by atoms with Gasteiger partial charge < -0.3 is 5.32 Å². The van der Waals surface area contributed by atoms with E-state index in [1.807, 2.05) is 0 Å². The van der Waals surface area contributed by atoms with Crippen LogP contribution in [0.25, 0.3) is 0 Å². The normalized spacial score (nSPS) is 34.2. The van der Waals surface area contributed by atoms with Crippen LogP contribution in [0.2, 0.25) is 0 Å². The summed E-state index contributed by atoms with van der Waals surface area (Å²) in [6.07, 6.45) is 6.68. The third kappa shape index (κ3) is 2.37. The third-order valence-electron chi connectivity index (χ3n) is 2.96. The molecule has 0 heterocycles. The second-order valence-corrected chi connectivity index (χ2v) is 4.75. The Morgan fingerprint density at radius 3 is 2.46 bits per heavy atom. The van der Waals surface area contributed by atoms with E-state index in [1.54, 1.807) is 0 Å². The summed E-state index contributed by atoms with van der Waals surface area (Å²) in [7, 11) is 0. The van der Waals surface area contributed by atoms with E-state index in [4.69, 9.17) is 11.6 Å². The molecule has 0 bridgehead atoms. The number of rotatable bonds is 2. The maximum absolute atomic E-state index is 11.4. The summed E-state index contributed by atoms with van der Waals surface area (Å²) < 4.78 is 0. The first kappa shape index (κ1) is 9.32. The lowest BCUT2D eigenvalue weighted by molar-refractivity contribution is -0.123. The zero-order valence-electron chi connectivity index (χ0n) is 7.76. The summed E-state index contributed by atoms with van der Waals surface area (Å²) in [6.45, 7) is 0. The molecule has 2 saturated carbocycles. The third-order valence-corrected chi connectivity index (χ3v) is 3.48. The molecule has 2 aliphatic rings. The van der Waals surface area contributed by atoms with Crippen molar-refractivity contribution in [2.75, 3.05) is 0 Å². The van der Waals surface area contributed by atoms with Crippen LogP contribution >= 0.6 is 11.6 Å². The molecule has 74 valence electrons. The topological polar surface area (TPSA) is 29.1 Å². The van der Waals surface area contributed by atoms with Crippen LogP contribution < -0.4 is 5.32 Å². The lowest BCUT2D eigenvalue weighted by atomic mass is 9.95. The van der Waals surface area contributed by atoms with Crippen molar-refractivity contribution in [3.05, 3.63) is 0 Å². The van der Waals surface area contributed by atoms with E-state index < -0.39 is 0 Å². The summed E-state index contributed by atoms with van der Waals surface area (Å²) in [5.74, 6) is 0.545. The fourth-order valence-electron chi connectivity index (χ4n) is 1.89. The van der Waals surface area contributed by atoms with Crippen molar-refractivity contribution in [2.24, 2.45) is 5.92 Å². The molecule has 13 heavy (non-hydrogen) atoms. The van der Waals surface area contributed by atoms with Gasteiger partial charge in [0.15, 0.2) is 0 Å². The second-order valence-electron chi connectivity index (χ2n) is 4.19. The van der Waals surface area contributed by atoms with Crippen molar-refractivity contribution in [2.45, 2.75) is 49.9 Å². The fraction of sp³-hybridized carbons (Fsp3) is 0.900. The first-order chi connectivity index (χ1) is 6.27. The van der Waals surface area contributed by atoms with Crippen LogP contribution in [-0.4, -0.2) is 17.3 Å². The highest BCUT2D eigenvalue weighted by Crippen LogP contribution is 2.30. The number of amides is 1. The Bertz CT molecular complexity index is 203.